The molecular weight excluding hydrogens is 370 g/mol. The summed E-state index contributed by atoms with van der Waals surface area (Å²) in [5, 5.41) is 0. The van der Waals surface area contributed by atoms with Crippen LogP contribution >= 0.6 is 12.4 Å². The number of nitrogens with two attached hydrogens (primary N) is 1. The number of hydrogen-bond acceptors (Lipinski definition) is 6. The number of halogens is 1. The first-order valence-corrected chi connectivity index (χ1v) is 9.43. The molecular formula is C20H34ClNO5. The van der Waals surface area contributed by atoms with Crippen LogP contribution in [-0.2, 0) is 19.0 Å². The molecule has 0 saturated heterocycles. The number of esters is 1. The summed E-state index contributed by atoms with van der Waals surface area (Å²) in [5.41, 5.74) is 6.96. The zero-order chi connectivity index (χ0) is 19.0. The van der Waals surface area contributed by atoms with Crippen LogP contribution < -0.4 is 10.5 Å². The summed E-state index contributed by atoms with van der Waals surface area (Å²) in [6.45, 7) is 6.43. The lowest BCUT2D eigenvalue weighted by atomic mass is 10.1. The first-order chi connectivity index (χ1) is 12.6. The fourth-order valence-electron chi connectivity index (χ4n) is 2.32. The number of carbonyl (C=O) groups is 1. The van der Waals surface area contributed by atoms with Gasteiger partial charge >= 0.3 is 5.97 Å². The van der Waals surface area contributed by atoms with Crippen molar-refractivity contribution in [2.45, 2.75) is 45.6 Å². The molecule has 0 aliphatic heterocycles. The molecule has 1 aromatic rings. The third kappa shape index (κ3) is 13.5. The van der Waals surface area contributed by atoms with Crippen molar-refractivity contribution in [3.8, 4) is 5.75 Å². The van der Waals surface area contributed by atoms with Gasteiger partial charge in [-0.3, -0.25) is 0 Å². The van der Waals surface area contributed by atoms with Crippen LogP contribution in [0.2, 0.25) is 0 Å². The molecule has 6 nitrogen and oxygen atoms in total. The van der Waals surface area contributed by atoms with Gasteiger partial charge in [-0.1, -0.05) is 18.6 Å². The van der Waals surface area contributed by atoms with E-state index in [1.807, 2.05) is 31.2 Å². The Kier molecular flexibility index (Phi) is 16.0. The molecule has 0 radical (unpaired) electrons. The Morgan fingerprint density at radius 1 is 1.04 bits per heavy atom. The van der Waals surface area contributed by atoms with E-state index < -0.39 is 0 Å². The summed E-state index contributed by atoms with van der Waals surface area (Å²) in [4.78, 5) is 11.0. The molecule has 0 fully saturated rings. The second-order valence-electron chi connectivity index (χ2n) is 6.09. The van der Waals surface area contributed by atoms with Gasteiger partial charge in [0.2, 0.25) is 0 Å². The molecule has 27 heavy (non-hydrogen) atoms. The highest BCUT2D eigenvalue weighted by molar-refractivity contribution is 5.85. The van der Waals surface area contributed by atoms with Crippen LogP contribution in [0.5, 0.6) is 5.75 Å². The third-order valence-electron chi connectivity index (χ3n) is 3.73. The molecule has 0 unspecified atom stereocenters. The lowest BCUT2D eigenvalue weighted by Crippen LogP contribution is -2.15. The molecule has 0 saturated carbocycles. The van der Waals surface area contributed by atoms with Gasteiger partial charge in [0.15, 0.2) is 0 Å². The summed E-state index contributed by atoms with van der Waals surface area (Å²) in [5.74, 6) is 0.546. The number of hydrogen-bond donors (Lipinski definition) is 1. The number of unbranched alkanes of at least 4 members (excludes halogenated alkanes) is 3. The molecule has 1 rings (SSSR count). The van der Waals surface area contributed by atoms with E-state index in [4.69, 9.17) is 24.7 Å². The maximum Gasteiger partial charge on any atom is 0.332 e. The molecule has 2 N–H and O–H groups in total. The van der Waals surface area contributed by atoms with Gasteiger partial charge in [-0.2, -0.15) is 0 Å². The Morgan fingerprint density at radius 2 is 1.74 bits per heavy atom. The Bertz CT molecular complexity index is 499. The molecule has 0 spiro atoms. The Balaban J connectivity index is 0.00000676. The Morgan fingerprint density at radius 3 is 2.44 bits per heavy atom. The van der Waals surface area contributed by atoms with Crippen molar-refractivity contribution in [2.75, 3.05) is 39.6 Å². The van der Waals surface area contributed by atoms with Gasteiger partial charge in [-0.15, -0.1) is 12.4 Å². The largest absolute Gasteiger partial charge is 0.494 e. The van der Waals surface area contributed by atoms with E-state index in [0.29, 0.717) is 33.0 Å². The molecule has 0 aliphatic carbocycles. The van der Waals surface area contributed by atoms with Crippen molar-refractivity contribution in [2.24, 2.45) is 5.73 Å². The van der Waals surface area contributed by atoms with Crippen LogP contribution in [0.1, 0.15) is 51.1 Å². The number of benzene rings is 1. The highest BCUT2D eigenvalue weighted by atomic mass is 35.5. The fourth-order valence-corrected chi connectivity index (χ4v) is 2.32. The summed E-state index contributed by atoms with van der Waals surface area (Å²) in [6.07, 6.45) is 4.24. The van der Waals surface area contributed by atoms with E-state index in [-0.39, 0.29) is 31.0 Å². The van der Waals surface area contributed by atoms with Crippen molar-refractivity contribution in [3.05, 3.63) is 29.8 Å². The van der Waals surface area contributed by atoms with Gasteiger partial charge in [-0.05, 0) is 50.8 Å². The van der Waals surface area contributed by atoms with E-state index >= 15 is 0 Å². The summed E-state index contributed by atoms with van der Waals surface area (Å²) in [7, 11) is 0. The SMILES string of the molecule is CCOC(=O)COCCOCCCCCCOc1cccc([C@H](C)N)c1.Cl. The van der Waals surface area contributed by atoms with Crippen LogP contribution in [0.25, 0.3) is 0 Å². The van der Waals surface area contributed by atoms with Crippen LogP contribution in [0.3, 0.4) is 0 Å². The molecule has 0 amide bonds. The smallest absolute Gasteiger partial charge is 0.332 e. The monoisotopic (exact) mass is 403 g/mol. The predicted octanol–water partition coefficient (Wildman–Crippen LogP) is 3.66. The first kappa shape index (κ1) is 25.7. The normalized spacial score (nSPS) is 11.5. The van der Waals surface area contributed by atoms with E-state index in [1.165, 1.54) is 0 Å². The lowest BCUT2D eigenvalue weighted by molar-refractivity contribution is -0.148. The minimum atomic E-state index is -0.334. The van der Waals surface area contributed by atoms with E-state index in [0.717, 1.165) is 37.0 Å². The maximum absolute atomic E-state index is 11.0. The zero-order valence-electron chi connectivity index (χ0n) is 16.5. The van der Waals surface area contributed by atoms with Gasteiger partial charge < -0.3 is 24.7 Å². The highest BCUT2D eigenvalue weighted by Gasteiger charge is 2.02. The molecule has 1 aromatic carbocycles. The third-order valence-corrected chi connectivity index (χ3v) is 3.73. The molecule has 0 aromatic heterocycles. The number of carbonyl (C=O) groups excluding carboxylic acids is 1. The fraction of sp³-hybridized carbons (Fsp3) is 0.650. The topological polar surface area (TPSA) is 80.0 Å². The van der Waals surface area contributed by atoms with Crippen LogP contribution in [0, 0.1) is 0 Å². The van der Waals surface area contributed by atoms with Crippen LogP contribution in [0.15, 0.2) is 24.3 Å². The minimum Gasteiger partial charge on any atom is -0.494 e. The molecule has 0 aliphatic rings. The van der Waals surface area contributed by atoms with Gasteiger partial charge in [0.25, 0.3) is 0 Å². The quantitative estimate of drug-likeness (QED) is 0.355. The van der Waals surface area contributed by atoms with Gasteiger partial charge in [0.1, 0.15) is 12.4 Å². The van der Waals surface area contributed by atoms with Crippen molar-refractivity contribution in [1.29, 1.82) is 0 Å². The van der Waals surface area contributed by atoms with Crippen LogP contribution in [-0.4, -0.2) is 45.6 Å². The molecule has 0 heterocycles. The minimum absolute atomic E-state index is 0. The van der Waals surface area contributed by atoms with Crippen molar-refractivity contribution in [1.82, 2.24) is 0 Å². The number of ether oxygens (including phenoxy) is 4. The first-order valence-electron chi connectivity index (χ1n) is 9.43. The average molecular weight is 404 g/mol. The highest BCUT2D eigenvalue weighted by Crippen LogP contribution is 2.17. The summed E-state index contributed by atoms with van der Waals surface area (Å²) < 4.78 is 21.1. The van der Waals surface area contributed by atoms with E-state index in [2.05, 4.69) is 0 Å². The molecule has 1 atom stereocenters. The van der Waals surface area contributed by atoms with Crippen molar-refractivity contribution >= 4 is 18.4 Å². The predicted molar refractivity (Wildman–Crippen MR) is 109 cm³/mol. The second kappa shape index (κ2) is 16.8. The second-order valence-corrected chi connectivity index (χ2v) is 6.09. The van der Waals surface area contributed by atoms with E-state index in [1.54, 1.807) is 6.92 Å². The molecule has 7 heteroatoms. The zero-order valence-corrected chi connectivity index (χ0v) is 17.3. The summed E-state index contributed by atoms with van der Waals surface area (Å²) >= 11 is 0. The molecule has 0 bridgehead atoms. The van der Waals surface area contributed by atoms with Gasteiger partial charge in [-0.25, -0.2) is 4.79 Å². The van der Waals surface area contributed by atoms with Gasteiger partial charge in [0.05, 0.1) is 26.4 Å². The van der Waals surface area contributed by atoms with Crippen molar-refractivity contribution in [3.63, 3.8) is 0 Å². The van der Waals surface area contributed by atoms with E-state index in [9.17, 15) is 4.79 Å². The maximum atomic E-state index is 11.0. The Hall–Kier alpha value is -1.34. The van der Waals surface area contributed by atoms with Gasteiger partial charge in [0, 0.05) is 12.6 Å². The molecule has 156 valence electrons. The summed E-state index contributed by atoms with van der Waals surface area (Å²) in [6, 6.07) is 7.97. The average Bonchev–Trinajstić information content (AvgIpc) is 2.63. The number of rotatable bonds is 15. The standard InChI is InChI=1S/C20H33NO5.ClH/c1-3-25-20(22)16-24-14-13-23-11-6-4-5-7-12-26-19-10-8-9-18(15-19)17(2)21;/h8-10,15,17H,3-7,11-14,16,21H2,1-2H3;1H/t17-;/m0./s1. The van der Waals surface area contributed by atoms with Crippen molar-refractivity contribution < 1.29 is 23.7 Å². The Labute approximate surface area is 169 Å². The van der Waals surface area contributed by atoms with Crippen LogP contribution in [0.4, 0.5) is 0 Å². The lowest BCUT2D eigenvalue weighted by Gasteiger charge is -2.10.